The lowest BCUT2D eigenvalue weighted by Crippen LogP contribution is -2.24. The topological polar surface area (TPSA) is 70.6 Å². The van der Waals surface area contributed by atoms with E-state index in [-0.39, 0.29) is 17.1 Å². The second-order valence-corrected chi connectivity index (χ2v) is 5.10. The third kappa shape index (κ3) is 2.91. The van der Waals surface area contributed by atoms with Crippen LogP contribution in [0.2, 0.25) is 0 Å². The van der Waals surface area contributed by atoms with Gasteiger partial charge in [0.1, 0.15) is 11.7 Å². The molecule has 0 bridgehead atoms. The third-order valence-electron chi connectivity index (χ3n) is 3.42. The summed E-state index contributed by atoms with van der Waals surface area (Å²) in [4.78, 5) is 0. The third-order valence-corrected chi connectivity index (χ3v) is 3.42. The predicted molar refractivity (Wildman–Crippen MR) is 69.3 cm³/mol. The van der Waals surface area contributed by atoms with Gasteiger partial charge in [0.05, 0.1) is 5.69 Å². The summed E-state index contributed by atoms with van der Waals surface area (Å²) in [5, 5.41) is 14.7. The molecule has 0 atom stereocenters. The number of nitrogens with zero attached hydrogens (tertiary/aromatic N) is 1. The van der Waals surface area contributed by atoms with Gasteiger partial charge in [-0.05, 0) is 42.9 Å². The Kier molecular flexibility index (Phi) is 3.41. The van der Waals surface area contributed by atoms with Gasteiger partial charge >= 0.3 is 0 Å². The number of nitrogens with two attached hydrogens (primary N) is 1. The van der Waals surface area contributed by atoms with Crippen molar-refractivity contribution in [2.75, 3.05) is 11.9 Å². The lowest BCUT2D eigenvalue weighted by atomic mass is 10.0. The lowest BCUT2D eigenvalue weighted by molar-refractivity contribution is 0.315. The standard InChI is InChI=1S/C13H18FN3O/c1-9-2-3-10(14)11(6-9)16-8-13(4-5-13)7-12(15)17-18/h2-3,6,16,18H,4-5,7-8H2,1H3,(H2,15,17). The van der Waals surface area contributed by atoms with Crippen LogP contribution in [-0.2, 0) is 0 Å². The maximum absolute atomic E-state index is 13.5. The number of rotatable bonds is 5. The van der Waals surface area contributed by atoms with Crippen LogP contribution in [0.1, 0.15) is 24.8 Å². The van der Waals surface area contributed by atoms with E-state index in [1.807, 2.05) is 6.92 Å². The van der Waals surface area contributed by atoms with Gasteiger partial charge in [0.25, 0.3) is 0 Å². The van der Waals surface area contributed by atoms with Crippen molar-refractivity contribution in [1.82, 2.24) is 0 Å². The fraction of sp³-hybridized carbons (Fsp3) is 0.462. The van der Waals surface area contributed by atoms with Crippen molar-refractivity contribution < 1.29 is 9.60 Å². The van der Waals surface area contributed by atoms with E-state index >= 15 is 0 Å². The highest BCUT2D eigenvalue weighted by molar-refractivity contribution is 5.80. The molecule has 0 radical (unpaired) electrons. The van der Waals surface area contributed by atoms with Gasteiger partial charge in [-0.1, -0.05) is 11.2 Å². The molecule has 0 spiro atoms. The summed E-state index contributed by atoms with van der Waals surface area (Å²) >= 11 is 0. The molecule has 1 aromatic carbocycles. The molecule has 1 aliphatic carbocycles. The van der Waals surface area contributed by atoms with Crippen LogP contribution in [0.15, 0.2) is 23.4 Å². The minimum Gasteiger partial charge on any atom is -0.409 e. The molecule has 98 valence electrons. The Bertz CT molecular complexity index is 469. The van der Waals surface area contributed by atoms with Crippen molar-refractivity contribution in [3.05, 3.63) is 29.6 Å². The smallest absolute Gasteiger partial charge is 0.146 e. The highest BCUT2D eigenvalue weighted by atomic mass is 19.1. The molecular weight excluding hydrogens is 233 g/mol. The summed E-state index contributed by atoms with van der Waals surface area (Å²) in [6, 6.07) is 4.99. The predicted octanol–water partition coefficient (Wildman–Crippen LogP) is 2.46. The molecule has 18 heavy (non-hydrogen) atoms. The number of benzene rings is 1. The van der Waals surface area contributed by atoms with E-state index in [9.17, 15) is 4.39 Å². The number of hydrogen-bond donors (Lipinski definition) is 3. The number of halogens is 1. The minimum atomic E-state index is -0.250. The molecular formula is C13H18FN3O. The van der Waals surface area contributed by atoms with Crippen LogP contribution in [0.4, 0.5) is 10.1 Å². The first-order valence-electron chi connectivity index (χ1n) is 6.01. The second-order valence-electron chi connectivity index (χ2n) is 5.10. The fourth-order valence-corrected chi connectivity index (χ4v) is 2.07. The number of oxime groups is 1. The average Bonchev–Trinajstić information content (AvgIpc) is 3.10. The molecule has 5 heteroatoms. The summed E-state index contributed by atoms with van der Waals surface area (Å²) < 4.78 is 13.5. The fourth-order valence-electron chi connectivity index (χ4n) is 2.07. The van der Waals surface area contributed by atoms with Crippen LogP contribution in [0, 0.1) is 18.2 Å². The van der Waals surface area contributed by atoms with E-state index in [0.717, 1.165) is 18.4 Å². The first-order valence-corrected chi connectivity index (χ1v) is 6.01. The van der Waals surface area contributed by atoms with Gasteiger partial charge in [0.15, 0.2) is 0 Å². The molecule has 0 heterocycles. The van der Waals surface area contributed by atoms with E-state index in [1.54, 1.807) is 12.1 Å². The first kappa shape index (κ1) is 12.7. The Morgan fingerprint density at radius 1 is 1.56 bits per heavy atom. The van der Waals surface area contributed by atoms with Crippen molar-refractivity contribution in [2.45, 2.75) is 26.2 Å². The molecule has 0 aromatic heterocycles. The quantitative estimate of drug-likeness (QED) is 0.326. The number of nitrogens with one attached hydrogen (secondary N) is 1. The van der Waals surface area contributed by atoms with E-state index < -0.39 is 0 Å². The summed E-state index contributed by atoms with van der Waals surface area (Å²) in [5.41, 5.74) is 7.07. The van der Waals surface area contributed by atoms with Crippen LogP contribution >= 0.6 is 0 Å². The van der Waals surface area contributed by atoms with Crippen molar-refractivity contribution in [1.29, 1.82) is 0 Å². The van der Waals surface area contributed by atoms with Crippen LogP contribution in [-0.4, -0.2) is 17.6 Å². The maximum Gasteiger partial charge on any atom is 0.146 e. The first-order chi connectivity index (χ1) is 8.54. The van der Waals surface area contributed by atoms with Crippen LogP contribution in [0.3, 0.4) is 0 Å². The lowest BCUT2D eigenvalue weighted by Gasteiger charge is -2.16. The summed E-state index contributed by atoms with van der Waals surface area (Å²) in [5.74, 6) is -0.0146. The van der Waals surface area contributed by atoms with Gasteiger partial charge in [0.2, 0.25) is 0 Å². The summed E-state index contributed by atoms with van der Waals surface area (Å²) in [6.07, 6.45) is 2.58. The second kappa shape index (κ2) is 4.84. The Morgan fingerprint density at radius 3 is 2.89 bits per heavy atom. The summed E-state index contributed by atoms with van der Waals surface area (Å²) in [6.45, 7) is 2.57. The number of aryl methyl sites for hydroxylation is 1. The minimum absolute atomic E-state index is 0.0203. The van der Waals surface area contributed by atoms with Gasteiger partial charge in [-0.2, -0.15) is 0 Å². The largest absolute Gasteiger partial charge is 0.409 e. The average molecular weight is 251 g/mol. The Balaban J connectivity index is 1.97. The van der Waals surface area contributed by atoms with Crippen molar-refractivity contribution >= 4 is 11.5 Å². The summed E-state index contributed by atoms with van der Waals surface area (Å²) in [7, 11) is 0. The van der Waals surface area contributed by atoms with Crippen molar-refractivity contribution in [3.8, 4) is 0 Å². The van der Waals surface area contributed by atoms with E-state index in [0.29, 0.717) is 18.7 Å². The van der Waals surface area contributed by atoms with E-state index in [1.165, 1.54) is 6.07 Å². The van der Waals surface area contributed by atoms with Crippen molar-refractivity contribution in [3.63, 3.8) is 0 Å². The zero-order valence-electron chi connectivity index (χ0n) is 10.4. The Labute approximate surface area is 106 Å². The molecule has 1 aliphatic rings. The monoisotopic (exact) mass is 251 g/mol. The molecule has 1 saturated carbocycles. The van der Waals surface area contributed by atoms with Gasteiger partial charge < -0.3 is 16.3 Å². The molecule has 0 unspecified atom stereocenters. The normalized spacial score (nSPS) is 17.6. The van der Waals surface area contributed by atoms with Gasteiger partial charge in [-0.3, -0.25) is 0 Å². The number of hydrogen-bond acceptors (Lipinski definition) is 3. The Hall–Kier alpha value is -1.78. The zero-order valence-corrected chi connectivity index (χ0v) is 10.4. The maximum atomic E-state index is 13.5. The highest BCUT2D eigenvalue weighted by Crippen LogP contribution is 2.48. The molecule has 1 aromatic rings. The van der Waals surface area contributed by atoms with E-state index in [4.69, 9.17) is 10.9 Å². The van der Waals surface area contributed by atoms with Gasteiger partial charge in [-0.15, -0.1) is 0 Å². The van der Waals surface area contributed by atoms with E-state index in [2.05, 4.69) is 10.5 Å². The molecule has 4 N–H and O–H groups in total. The van der Waals surface area contributed by atoms with Gasteiger partial charge in [0, 0.05) is 13.0 Å². The number of anilines is 1. The SMILES string of the molecule is Cc1ccc(F)c(NCC2(CC(N)=NO)CC2)c1. The van der Waals surface area contributed by atoms with Crippen molar-refractivity contribution in [2.24, 2.45) is 16.3 Å². The molecule has 0 amide bonds. The van der Waals surface area contributed by atoms with Crippen LogP contribution < -0.4 is 11.1 Å². The zero-order chi connectivity index (χ0) is 13.2. The molecule has 1 fully saturated rings. The number of amidine groups is 1. The van der Waals surface area contributed by atoms with Crippen LogP contribution in [0.5, 0.6) is 0 Å². The molecule has 2 rings (SSSR count). The molecule has 0 saturated heterocycles. The Morgan fingerprint density at radius 2 is 2.28 bits per heavy atom. The van der Waals surface area contributed by atoms with Crippen LogP contribution in [0.25, 0.3) is 0 Å². The molecule has 0 aliphatic heterocycles. The van der Waals surface area contributed by atoms with Gasteiger partial charge in [-0.25, -0.2) is 4.39 Å². The highest BCUT2D eigenvalue weighted by Gasteiger charge is 2.43. The molecule has 4 nitrogen and oxygen atoms in total.